The van der Waals surface area contributed by atoms with Gasteiger partial charge in [0.25, 0.3) is 11.8 Å². The number of hydrogen-bond donors (Lipinski definition) is 3. The summed E-state index contributed by atoms with van der Waals surface area (Å²) in [5.74, 6) is -0.368. The third-order valence-electron chi connectivity index (χ3n) is 8.21. The summed E-state index contributed by atoms with van der Waals surface area (Å²) < 4.78 is 12.1. The zero-order chi connectivity index (χ0) is 27.8. The van der Waals surface area contributed by atoms with Gasteiger partial charge >= 0.3 is 0 Å². The SMILES string of the molecule is C=CCN1C(=O)[C@@]2(O[C@@H](CCO)[C@H](C(C)(C)c3ccc(OC)cc3)[C@H]2C)c2cc(NC(=O)[C@H](C)O)ccc21. The summed E-state index contributed by atoms with van der Waals surface area (Å²) >= 11 is 0. The summed E-state index contributed by atoms with van der Waals surface area (Å²) in [5, 5.41) is 22.4. The lowest BCUT2D eigenvalue weighted by molar-refractivity contribution is -0.146. The molecule has 0 unspecified atom stereocenters. The molecule has 3 N–H and O–H groups in total. The normalized spacial score (nSPS) is 25.4. The van der Waals surface area contributed by atoms with Gasteiger partial charge in [-0.1, -0.05) is 39.0 Å². The number of hydrogen-bond acceptors (Lipinski definition) is 6. The molecule has 2 aliphatic heterocycles. The van der Waals surface area contributed by atoms with Gasteiger partial charge < -0.3 is 29.9 Å². The average Bonchev–Trinajstić information content (AvgIpc) is 3.31. The Balaban J connectivity index is 1.84. The van der Waals surface area contributed by atoms with Crippen LogP contribution < -0.4 is 15.0 Å². The maximum absolute atomic E-state index is 14.2. The quantitative estimate of drug-likeness (QED) is 0.433. The highest BCUT2D eigenvalue weighted by Crippen LogP contribution is 2.60. The molecule has 4 rings (SSSR count). The van der Waals surface area contributed by atoms with Crippen molar-refractivity contribution < 1.29 is 29.3 Å². The van der Waals surface area contributed by atoms with Gasteiger partial charge in [-0.25, -0.2) is 0 Å². The molecule has 38 heavy (non-hydrogen) atoms. The first-order valence-corrected chi connectivity index (χ1v) is 13.0. The molecule has 2 amide bonds. The number of methoxy groups -OCH3 is 1. The molecule has 8 nitrogen and oxygen atoms in total. The zero-order valence-corrected chi connectivity index (χ0v) is 22.7. The van der Waals surface area contributed by atoms with Crippen molar-refractivity contribution in [1.29, 1.82) is 0 Å². The Morgan fingerprint density at radius 3 is 2.55 bits per heavy atom. The van der Waals surface area contributed by atoms with E-state index in [-0.39, 0.29) is 24.3 Å². The summed E-state index contributed by atoms with van der Waals surface area (Å²) in [6.45, 7) is 11.8. The molecular weight excluding hydrogens is 484 g/mol. The molecule has 0 saturated carbocycles. The third kappa shape index (κ3) is 4.40. The Morgan fingerprint density at radius 2 is 1.97 bits per heavy atom. The van der Waals surface area contributed by atoms with E-state index in [0.29, 0.717) is 29.9 Å². The summed E-state index contributed by atoms with van der Waals surface area (Å²) in [6, 6.07) is 13.2. The van der Waals surface area contributed by atoms with Crippen LogP contribution in [-0.4, -0.2) is 54.5 Å². The van der Waals surface area contributed by atoms with Gasteiger partial charge in [-0.15, -0.1) is 6.58 Å². The van der Waals surface area contributed by atoms with E-state index in [2.05, 4.69) is 25.7 Å². The number of anilines is 2. The molecular formula is C30H38N2O6. The van der Waals surface area contributed by atoms with Gasteiger partial charge in [0.2, 0.25) is 0 Å². The van der Waals surface area contributed by atoms with Crippen molar-refractivity contribution in [3.63, 3.8) is 0 Å². The molecule has 8 heteroatoms. The molecule has 0 bridgehead atoms. The van der Waals surface area contributed by atoms with Crippen LogP contribution in [-0.2, 0) is 25.3 Å². The highest BCUT2D eigenvalue weighted by atomic mass is 16.5. The highest BCUT2D eigenvalue weighted by molar-refractivity contribution is 6.08. The van der Waals surface area contributed by atoms with E-state index in [0.717, 1.165) is 11.3 Å². The van der Waals surface area contributed by atoms with E-state index in [1.807, 2.05) is 31.2 Å². The number of aliphatic hydroxyl groups is 2. The second kappa shape index (κ2) is 10.5. The lowest BCUT2D eigenvalue weighted by atomic mass is 9.63. The van der Waals surface area contributed by atoms with Crippen LogP contribution in [0.4, 0.5) is 11.4 Å². The minimum atomic E-state index is -1.31. The van der Waals surface area contributed by atoms with Crippen molar-refractivity contribution >= 4 is 23.2 Å². The fourth-order valence-electron chi connectivity index (χ4n) is 6.35. The number of carbonyl (C=O) groups excluding carboxylic acids is 2. The van der Waals surface area contributed by atoms with Gasteiger partial charge in [0.1, 0.15) is 11.9 Å². The van der Waals surface area contributed by atoms with Gasteiger partial charge in [-0.3, -0.25) is 9.59 Å². The van der Waals surface area contributed by atoms with E-state index >= 15 is 0 Å². The van der Waals surface area contributed by atoms with Crippen LogP contribution in [0.5, 0.6) is 5.75 Å². The third-order valence-corrected chi connectivity index (χ3v) is 8.21. The van der Waals surface area contributed by atoms with Crippen molar-refractivity contribution in [2.24, 2.45) is 11.8 Å². The molecule has 2 aliphatic rings. The number of nitrogens with zero attached hydrogens (tertiary/aromatic N) is 1. The number of ether oxygens (including phenoxy) is 2. The molecule has 0 aromatic heterocycles. The first kappa shape index (κ1) is 27.8. The summed E-state index contributed by atoms with van der Waals surface area (Å²) in [4.78, 5) is 28.1. The summed E-state index contributed by atoms with van der Waals surface area (Å²) in [7, 11) is 1.63. The maximum atomic E-state index is 14.2. The molecule has 1 spiro atoms. The Morgan fingerprint density at radius 1 is 1.29 bits per heavy atom. The standard InChI is InChI=1S/C30H38N2O6/c1-7-15-32-24-13-10-21(31-27(35)19(3)34)17-23(24)30(28(32)36)18(2)26(25(38-30)14-16-33)29(4,5)20-8-11-22(37-6)12-9-20/h7-13,17-19,25-26,33-34H,1,14-16H2,2-6H3,(H,31,35)/t18-,19+,25+,26-,30+/m1/s1. The van der Waals surface area contributed by atoms with Gasteiger partial charge in [0, 0.05) is 36.2 Å². The Labute approximate surface area is 224 Å². The van der Waals surface area contributed by atoms with Crippen LogP contribution in [0.15, 0.2) is 55.1 Å². The fraction of sp³-hybridized carbons (Fsp3) is 0.467. The van der Waals surface area contributed by atoms with E-state index in [1.165, 1.54) is 6.92 Å². The second-order valence-corrected chi connectivity index (χ2v) is 10.8. The van der Waals surface area contributed by atoms with Gasteiger partial charge in [-0.2, -0.15) is 0 Å². The van der Waals surface area contributed by atoms with Crippen LogP contribution in [0.25, 0.3) is 0 Å². The van der Waals surface area contributed by atoms with Gasteiger partial charge in [0.15, 0.2) is 5.60 Å². The number of carbonyl (C=O) groups is 2. The van der Waals surface area contributed by atoms with Crippen molar-refractivity contribution in [2.45, 2.75) is 57.3 Å². The molecule has 2 aromatic carbocycles. The van der Waals surface area contributed by atoms with Crippen molar-refractivity contribution in [3.05, 3.63) is 66.2 Å². The van der Waals surface area contributed by atoms with Crippen LogP contribution in [0, 0.1) is 11.8 Å². The number of benzene rings is 2. The Hall–Kier alpha value is -3.20. The Bertz CT molecular complexity index is 1210. The van der Waals surface area contributed by atoms with Gasteiger partial charge in [0.05, 0.1) is 18.9 Å². The zero-order valence-electron chi connectivity index (χ0n) is 22.7. The first-order valence-electron chi connectivity index (χ1n) is 13.0. The Kier molecular flexibility index (Phi) is 7.70. The van der Waals surface area contributed by atoms with E-state index in [9.17, 15) is 19.8 Å². The number of aliphatic hydroxyl groups excluding tert-OH is 2. The van der Waals surface area contributed by atoms with Crippen molar-refractivity contribution in [3.8, 4) is 5.75 Å². The first-order chi connectivity index (χ1) is 18.0. The fourth-order valence-corrected chi connectivity index (χ4v) is 6.35. The molecule has 2 heterocycles. The van der Waals surface area contributed by atoms with Crippen LogP contribution in [0.1, 0.15) is 45.2 Å². The van der Waals surface area contributed by atoms with E-state index in [1.54, 1.807) is 36.3 Å². The maximum Gasteiger partial charge on any atom is 0.264 e. The minimum Gasteiger partial charge on any atom is -0.497 e. The lowest BCUT2D eigenvalue weighted by Gasteiger charge is -2.38. The van der Waals surface area contributed by atoms with Crippen LogP contribution in [0.2, 0.25) is 0 Å². The molecule has 1 fully saturated rings. The van der Waals surface area contributed by atoms with E-state index in [4.69, 9.17) is 9.47 Å². The lowest BCUT2D eigenvalue weighted by Crippen LogP contribution is -2.46. The largest absolute Gasteiger partial charge is 0.497 e. The monoisotopic (exact) mass is 522 g/mol. The van der Waals surface area contributed by atoms with Crippen molar-refractivity contribution in [2.75, 3.05) is 30.5 Å². The van der Waals surface area contributed by atoms with E-state index < -0.39 is 29.1 Å². The molecule has 2 aromatic rings. The number of fused-ring (bicyclic) bond motifs is 2. The van der Waals surface area contributed by atoms with Crippen LogP contribution in [0.3, 0.4) is 0 Å². The number of rotatable bonds is 9. The molecule has 204 valence electrons. The smallest absolute Gasteiger partial charge is 0.264 e. The predicted octanol–water partition coefficient (Wildman–Crippen LogP) is 3.75. The van der Waals surface area contributed by atoms with Gasteiger partial charge in [-0.05, 0) is 54.7 Å². The molecule has 1 saturated heterocycles. The molecule has 0 aliphatic carbocycles. The van der Waals surface area contributed by atoms with Crippen molar-refractivity contribution in [1.82, 2.24) is 0 Å². The second-order valence-electron chi connectivity index (χ2n) is 10.8. The predicted molar refractivity (Wildman–Crippen MR) is 146 cm³/mol. The highest BCUT2D eigenvalue weighted by Gasteiger charge is 2.65. The molecule has 0 radical (unpaired) electrons. The number of amides is 2. The summed E-state index contributed by atoms with van der Waals surface area (Å²) in [6.07, 6.45) is 0.469. The molecule has 5 atom stereocenters. The topological polar surface area (TPSA) is 108 Å². The average molecular weight is 523 g/mol. The van der Waals surface area contributed by atoms with Crippen LogP contribution >= 0.6 is 0 Å². The summed E-state index contributed by atoms with van der Waals surface area (Å²) in [5.41, 5.74) is 1.18. The minimum absolute atomic E-state index is 0.0788. The number of nitrogens with one attached hydrogen (secondary N) is 1.